The van der Waals surface area contributed by atoms with Gasteiger partial charge in [0.25, 0.3) is 10.0 Å². The van der Waals surface area contributed by atoms with Crippen molar-refractivity contribution in [1.29, 1.82) is 0 Å². The van der Waals surface area contributed by atoms with Crippen LogP contribution < -0.4 is 0 Å². The molecular formula is C12H19NO4S2. The molecule has 2 aliphatic rings. The van der Waals surface area contributed by atoms with E-state index in [1.807, 2.05) is 13.8 Å². The number of nitrogens with zero attached hydrogens (tertiary/aromatic N) is 1. The minimum atomic E-state index is -3.71. The lowest BCUT2D eigenvalue weighted by atomic mass is 10.1. The molecular weight excluding hydrogens is 286 g/mol. The molecule has 1 saturated heterocycles. The van der Waals surface area contributed by atoms with Gasteiger partial charge in [0.05, 0.1) is 5.54 Å². The van der Waals surface area contributed by atoms with Crippen LogP contribution in [0.3, 0.4) is 0 Å². The number of amides is 1. The number of thioether (sulfide) groups is 1. The summed E-state index contributed by atoms with van der Waals surface area (Å²) in [6, 6.07) is 0. The van der Waals surface area contributed by atoms with E-state index in [2.05, 4.69) is 0 Å². The molecule has 1 fully saturated rings. The minimum Gasteiger partial charge on any atom is -0.432 e. The molecule has 2 atom stereocenters. The van der Waals surface area contributed by atoms with Crippen LogP contribution >= 0.6 is 11.8 Å². The number of fused-ring (bicyclic) bond motifs is 1. The van der Waals surface area contributed by atoms with Crippen LogP contribution in [-0.4, -0.2) is 35.0 Å². The van der Waals surface area contributed by atoms with Crippen molar-refractivity contribution >= 4 is 27.9 Å². The van der Waals surface area contributed by atoms with E-state index in [0.29, 0.717) is 0 Å². The summed E-state index contributed by atoms with van der Waals surface area (Å²) in [4.78, 5) is 12.9. The maximum Gasteiger partial charge on any atom is 0.425 e. The van der Waals surface area contributed by atoms with Crippen LogP contribution in [0.25, 0.3) is 0 Å². The van der Waals surface area contributed by atoms with Gasteiger partial charge in [-0.25, -0.2) is 13.2 Å². The molecule has 0 N–H and O–H groups in total. The van der Waals surface area contributed by atoms with Gasteiger partial charge in [-0.15, -0.1) is 0 Å². The third-order valence-electron chi connectivity index (χ3n) is 3.01. The summed E-state index contributed by atoms with van der Waals surface area (Å²) >= 11 is 1.33. The fourth-order valence-electron chi connectivity index (χ4n) is 2.16. The van der Waals surface area contributed by atoms with E-state index in [4.69, 9.17) is 4.74 Å². The van der Waals surface area contributed by atoms with Crippen LogP contribution in [0.15, 0.2) is 11.0 Å². The highest BCUT2D eigenvalue weighted by molar-refractivity contribution is 8.05. The standard InChI is InChI=1S/C12H19NO4S2/c1-7(2)8-6-9-10(18-8)17-11(14)13(12(3,4)5)19(9,15)16/h6-7,9-10H,1-5H3. The summed E-state index contributed by atoms with van der Waals surface area (Å²) in [5, 5.41) is -0.771. The van der Waals surface area contributed by atoms with Crippen LogP contribution in [0.5, 0.6) is 0 Å². The summed E-state index contributed by atoms with van der Waals surface area (Å²) in [5.41, 5.74) is -1.46. The first-order chi connectivity index (χ1) is 8.55. The second kappa shape index (κ2) is 4.41. The lowest BCUT2D eigenvalue weighted by Crippen LogP contribution is -2.58. The Balaban J connectivity index is 2.44. The van der Waals surface area contributed by atoms with Gasteiger partial charge in [0, 0.05) is 0 Å². The van der Waals surface area contributed by atoms with Gasteiger partial charge < -0.3 is 4.74 Å². The molecule has 0 spiro atoms. The third kappa shape index (κ3) is 2.38. The van der Waals surface area contributed by atoms with E-state index in [1.54, 1.807) is 26.8 Å². The largest absolute Gasteiger partial charge is 0.432 e. The van der Waals surface area contributed by atoms with Crippen LogP contribution in [0.1, 0.15) is 34.6 Å². The average molecular weight is 305 g/mol. The Hall–Kier alpha value is -0.690. The molecule has 0 aromatic heterocycles. The third-order valence-corrected chi connectivity index (χ3v) is 6.96. The molecule has 5 nitrogen and oxygen atoms in total. The molecule has 108 valence electrons. The highest BCUT2D eigenvalue weighted by Crippen LogP contribution is 2.45. The number of carbonyl (C=O) groups is 1. The van der Waals surface area contributed by atoms with Crippen molar-refractivity contribution in [2.24, 2.45) is 5.92 Å². The zero-order chi connectivity index (χ0) is 14.6. The Morgan fingerprint density at radius 2 is 1.95 bits per heavy atom. The number of rotatable bonds is 1. The second-order valence-corrected chi connectivity index (χ2v) is 9.15. The molecule has 0 saturated carbocycles. The van der Waals surface area contributed by atoms with Gasteiger partial charge in [0.15, 0.2) is 5.44 Å². The molecule has 2 unspecified atom stereocenters. The number of sulfonamides is 1. The minimum absolute atomic E-state index is 0.229. The van der Waals surface area contributed by atoms with Gasteiger partial charge >= 0.3 is 6.09 Å². The highest BCUT2D eigenvalue weighted by atomic mass is 32.2. The first-order valence-electron chi connectivity index (χ1n) is 6.18. The van der Waals surface area contributed by atoms with Gasteiger partial charge in [0.2, 0.25) is 0 Å². The Labute approximate surface area is 118 Å². The molecule has 2 heterocycles. The molecule has 7 heteroatoms. The number of hydrogen-bond acceptors (Lipinski definition) is 5. The summed E-state index contributed by atoms with van der Waals surface area (Å²) in [6.07, 6.45) is 0.945. The zero-order valence-electron chi connectivity index (χ0n) is 11.7. The maximum absolute atomic E-state index is 12.6. The van der Waals surface area contributed by atoms with Crippen molar-refractivity contribution < 1.29 is 17.9 Å². The highest BCUT2D eigenvalue weighted by Gasteiger charge is 2.53. The molecule has 0 bridgehead atoms. The molecule has 0 aliphatic carbocycles. The van der Waals surface area contributed by atoms with E-state index in [-0.39, 0.29) is 5.92 Å². The molecule has 0 radical (unpaired) electrons. The van der Waals surface area contributed by atoms with Crippen molar-refractivity contribution in [2.75, 3.05) is 0 Å². The average Bonchev–Trinajstić information content (AvgIpc) is 2.58. The predicted molar refractivity (Wildman–Crippen MR) is 75.1 cm³/mol. The van der Waals surface area contributed by atoms with E-state index in [1.165, 1.54) is 11.8 Å². The fraction of sp³-hybridized carbons (Fsp3) is 0.750. The lowest BCUT2D eigenvalue weighted by molar-refractivity contribution is 0.0852. The molecule has 0 aromatic carbocycles. The van der Waals surface area contributed by atoms with Gasteiger partial charge in [-0.05, 0) is 31.6 Å². The van der Waals surface area contributed by atoms with E-state index < -0.39 is 32.3 Å². The number of hydrogen-bond donors (Lipinski definition) is 0. The second-order valence-electron chi connectivity index (χ2n) is 6.04. The monoisotopic (exact) mass is 305 g/mol. The van der Waals surface area contributed by atoms with Crippen molar-refractivity contribution in [1.82, 2.24) is 4.31 Å². The smallest absolute Gasteiger partial charge is 0.425 e. The van der Waals surface area contributed by atoms with Crippen molar-refractivity contribution in [3.05, 3.63) is 11.0 Å². The maximum atomic E-state index is 12.6. The van der Waals surface area contributed by atoms with E-state index in [9.17, 15) is 13.2 Å². The molecule has 1 amide bonds. The fourth-order valence-corrected chi connectivity index (χ4v) is 5.85. The van der Waals surface area contributed by atoms with Crippen molar-refractivity contribution in [3.8, 4) is 0 Å². The Morgan fingerprint density at radius 3 is 2.42 bits per heavy atom. The van der Waals surface area contributed by atoms with Crippen molar-refractivity contribution in [3.63, 3.8) is 0 Å². The van der Waals surface area contributed by atoms with E-state index >= 15 is 0 Å². The van der Waals surface area contributed by atoms with E-state index in [0.717, 1.165) is 9.21 Å². The normalized spacial score (nSPS) is 30.1. The first-order valence-corrected chi connectivity index (χ1v) is 8.56. The predicted octanol–water partition coefficient (Wildman–Crippen LogP) is 2.55. The summed E-state index contributed by atoms with van der Waals surface area (Å²) in [7, 11) is -3.71. The molecule has 2 rings (SSSR count). The Bertz CT molecular complexity index is 530. The van der Waals surface area contributed by atoms with Crippen LogP contribution in [0.2, 0.25) is 0 Å². The summed E-state index contributed by atoms with van der Waals surface area (Å²) in [6.45, 7) is 9.03. The van der Waals surface area contributed by atoms with Crippen LogP contribution in [0.4, 0.5) is 4.79 Å². The van der Waals surface area contributed by atoms with Crippen molar-refractivity contribution in [2.45, 2.75) is 50.8 Å². The Morgan fingerprint density at radius 1 is 1.37 bits per heavy atom. The topological polar surface area (TPSA) is 63.7 Å². The van der Waals surface area contributed by atoms with Gasteiger partial charge in [-0.2, -0.15) is 4.31 Å². The molecule has 19 heavy (non-hydrogen) atoms. The SMILES string of the molecule is CC(C)C1=CC2C(OC(=O)N(C(C)(C)C)S2(=O)=O)S1. The van der Waals surface area contributed by atoms with Crippen LogP contribution in [0, 0.1) is 5.92 Å². The Kier molecular flexibility index (Phi) is 3.42. The number of allylic oxidation sites excluding steroid dienone is 1. The quantitative estimate of drug-likeness (QED) is 0.745. The summed E-state index contributed by atoms with van der Waals surface area (Å²) in [5.74, 6) is 0.229. The lowest BCUT2D eigenvalue weighted by Gasteiger charge is -2.40. The summed E-state index contributed by atoms with van der Waals surface area (Å²) < 4.78 is 31.3. The van der Waals surface area contributed by atoms with Crippen LogP contribution in [-0.2, 0) is 14.8 Å². The number of carbonyl (C=O) groups excluding carboxylic acids is 1. The van der Waals surface area contributed by atoms with Gasteiger partial charge in [-0.1, -0.05) is 31.7 Å². The molecule has 0 aromatic rings. The van der Waals surface area contributed by atoms with Gasteiger partial charge in [-0.3, -0.25) is 0 Å². The first kappa shape index (κ1) is 14.7. The number of ether oxygens (including phenoxy) is 1. The van der Waals surface area contributed by atoms with Gasteiger partial charge in [0.1, 0.15) is 5.25 Å². The zero-order valence-corrected chi connectivity index (χ0v) is 13.3. The molecule has 2 aliphatic heterocycles.